The number of allylic oxidation sites excluding steroid dienone is 1. The van der Waals surface area contributed by atoms with E-state index >= 15 is 0 Å². The standard InChI is InChI=1S/C27H36N2O6/c1-16(2)14-20-22-18(15-21(23(30)33-9)28(20)24(31)34-26(3,4)5)17-12-10-11-13-19(17)29(22)25(32)35-27(6,7)8/h10-14,20-21H,15H2,1-9H3/t20-,21+/m1/s1. The SMILES string of the molecule is COC(=O)[C@@H]1Cc2c(n(C(=O)OC(C)(C)C)c3ccccc23)[C@@H](C=C(C)C)N1C(=O)OC(C)(C)C. The molecule has 0 saturated heterocycles. The molecule has 1 aliphatic rings. The van der Waals surface area contributed by atoms with Gasteiger partial charge in [-0.1, -0.05) is 29.8 Å². The monoisotopic (exact) mass is 484 g/mol. The lowest BCUT2D eigenvalue weighted by molar-refractivity contribution is -0.148. The largest absolute Gasteiger partial charge is 0.467 e. The number of rotatable bonds is 2. The highest BCUT2D eigenvalue weighted by Crippen LogP contribution is 2.42. The van der Waals surface area contributed by atoms with Crippen molar-refractivity contribution in [3.05, 3.63) is 47.2 Å². The van der Waals surface area contributed by atoms with Gasteiger partial charge in [-0.05, 0) is 67.0 Å². The number of carbonyl (C=O) groups excluding carboxylic acids is 3. The fourth-order valence-corrected chi connectivity index (χ4v) is 4.34. The summed E-state index contributed by atoms with van der Waals surface area (Å²) in [6.07, 6.45) is 0.812. The molecule has 2 atom stereocenters. The van der Waals surface area contributed by atoms with Crippen LogP contribution in [0.5, 0.6) is 0 Å². The average Bonchev–Trinajstić information content (AvgIpc) is 3.04. The Hall–Kier alpha value is -3.29. The van der Waals surface area contributed by atoms with E-state index in [1.807, 2.05) is 44.2 Å². The molecule has 35 heavy (non-hydrogen) atoms. The number of ether oxygens (including phenoxy) is 3. The molecular formula is C27H36N2O6. The van der Waals surface area contributed by atoms with Crippen LogP contribution in [-0.2, 0) is 25.4 Å². The molecule has 1 aromatic heterocycles. The van der Waals surface area contributed by atoms with Gasteiger partial charge in [-0.15, -0.1) is 0 Å². The van der Waals surface area contributed by atoms with Crippen LogP contribution in [0.3, 0.4) is 0 Å². The van der Waals surface area contributed by atoms with E-state index in [2.05, 4.69) is 0 Å². The number of carbonyl (C=O) groups is 3. The van der Waals surface area contributed by atoms with Gasteiger partial charge in [0, 0.05) is 11.8 Å². The maximum atomic E-state index is 13.5. The van der Waals surface area contributed by atoms with Gasteiger partial charge in [-0.3, -0.25) is 4.90 Å². The highest BCUT2D eigenvalue weighted by Gasteiger charge is 2.46. The Kier molecular flexibility index (Phi) is 7.07. The molecule has 1 aromatic carbocycles. The van der Waals surface area contributed by atoms with E-state index in [1.165, 1.54) is 16.6 Å². The van der Waals surface area contributed by atoms with Crippen molar-refractivity contribution in [1.82, 2.24) is 9.47 Å². The van der Waals surface area contributed by atoms with E-state index in [4.69, 9.17) is 14.2 Å². The fourth-order valence-electron chi connectivity index (χ4n) is 4.34. The van der Waals surface area contributed by atoms with Crippen molar-refractivity contribution in [2.24, 2.45) is 0 Å². The first-order chi connectivity index (χ1) is 16.1. The zero-order valence-electron chi connectivity index (χ0n) is 22.1. The molecule has 0 fully saturated rings. The van der Waals surface area contributed by atoms with Gasteiger partial charge in [0.1, 0.15) is 17.2 Å². The quantitative estimate of drug-likeness (QED) is 0.306. The third-order valence-corrected chi connectivity index (χ3v) is 5.48. The number of hydrogen-bond donors (Lipinski definition) is 0. The first-order valence-corrected chi connectivity index (χ1v) is 11.7. The number of fused-ring (bicyclic) bond motifs is 3. The fraction of sp³-hybridized carbons (Fsp3) is 0.519. The number of nitrogens with zero attached hydrogens (tertiary/aromatic N) is 2. The minimum atomic E-state index is -0.930. The van der Waals surface area contributed by atoms with Gasteiger partial charge in [0.15, 0.2) is 0 Å². The van der Waals surface area contributed by atoms with Crippen LogP contribution in [0.15, 0.2) is 35.9 Å². The summed E-state index contributed by atoms with van der Waals surface area (Å²) in [6, 6.07) is 5.77. The second-order valence-electron chi connectivity index (χ2n) is 11.0. The third kappa shape index (κ3) is 5.52. The Morgan fingerprint density at radius 2 is 1.51 bits per heavy atom. The maximum absolute atomic E-state index is 13.5. The number of hydrogen-bond acceptors (Lipinski definition) is 6. The molecule has 2 heterocycles. The molecule has 8 nitrogen and oxygen atoms in total. The lowest BCUT2D eigenvalue weighted by Crippen LogP contribution is -2.53. The van der Waals surface area contributed by atoms with Crippen molar-refractivity contribution >= 4 is 29.1 Å². The molecule has 3 rings (SSSR count). The molecule has 0 bridgehead atoms. The van der Waals surface area contributed by atoms with Crippen LogP contribution in [0.25, 0.3) is 10.9 Å². The molecule has 0 spiro atoms. The Morgan fingerprint density at radius 3 is 2.06 bits per heavy atom. The summed E-state index contributed by atoms with van der Waals surface area (Å²) in [7, 11) is 1.30. The van der Waals surface area contributed by atoms with E-state index in [9.17, 15) is 14.4 Å². The number of esters is 1. The maximum Gasteiger partial charge on any atom is 0.419 e. The van der Waals surface area contributed by atoms with E-state index in [0.29, 0.717) is 11.2 Å². The van der Waals surface area contributed by atoms with E-state index in [-0.39, 0.29) is 6.42 Å². The Labute approximate surface area is 206 Å². The Morgan fingerprint density at radius 1 is 0.943 bits per heavy atom. The predicted octanol–water partition coefficient (Wildman–Crippen LogP) is 5.77. The van der Waals surface area contributed by atoms with Crippen LogP contribution in [-0.4, -0.2) is 52.0 Å². The summed E-state index contributed by atoms with van der Waals surface area (Å²) < 4.78 is 18.1. The zero-order chi connectivity index (χ0) is 26.3. The van der Waals surface area contributed by atoms with Crippen molar-refractivity contribution in [1.29, 1.82) is 0 Å². The van der Waals surface area contributed by atoms with Gasteiger partial charge < -0.3 is 14.2 Å². The van der Waals surface area contributed by atoms with E-state index in [1.54, 1.807) is 41.5 Å². The Balaban J connectivity index is 2.36. The topological polar surface area (TPSA) is 87.1 Å². The molecular weight excluding hydrogens is 448 g/mol. The molecule has 2 aromatic rings. The van der Waals surface area contributed by atoms with Crippen LogP contribution >= 0.6 is 0 Å². The molecule has 0 radical (unpaired) electrons. The number of amides is 1. The minimum Gasteiger partial charge on any atom is -0.467 e. The van der Waals surface area contributed by atoms with Crippen LogP contribution in [0.4, 0.5) is 9.59 Å². The number of aromatic nitrogens is 1. The normalized spacial score (nSPS) is 18.0. The number of para-hydroxylation sites is 1. The summed E-state index contributed by atoms with van der Waals surface area (Å²) in [5, 5.41) is 0.818. The molecule has 0 N–H and O–H groups in total. The van der Waals surface area contributed by atoms with Gasteiger partial charge in [-0.2, -0.15) is 0 Å². The van der Waals surface area contributed by atoms with Crippen molar-refractivity contribution in [2.45, 2.75) is 85.1 Å². The summed E-state index contributed by atoms with van der Waals surface area (Å²) in [4.78, 5) is 41.4. The van der Waals surface area contributed by atoms with Gasteiger partial charge >= 0.3 is 18.2 Å². The van der Waals surface area contributed by atoms with E-state index in [0.717, 1.165) is 16.5 Å². The number of methoxy groups -OCH3 is 1. The lowest BCUT2D eigenvalue weighted by atomic mass is 9.91. The second-order valence-corrected chi connectivity index (χ2v) is 11.0. The van der Waals surface area contributed by atoms with Crippen molar-refractivity contribution in [3.63, 3.8) is 0 Å². The second kappa shape index (κ2) is 9.40. The van der Waals surface area contributed by atoms with Crippen LogP contribution in [0, 0.1) is 0 Å². The average molecular weight is 485 g/mol. The first kappa shape index (κ1) is 26.3. The van der Waals surface area contributed by atoms with Crippen LogP contribution in [0.1, 0.15) is 72.7 Å². The summed E-state index contributed by atoms with van der Waals surface area (Å²) in [5.74, 6) is -0.553. The van der Waals surface area contributed by atoms with Gasteiger partial charge in [-0.25, -0.2) is 19.0 Å². The van der Waals surface area contributed by atoms with Gasteiger partial charge in [0.2, 0.25) is 0 Å². The van der Waals surface area contributed by atoms with Crippen LogP contribution < -0.4 is 0 Å². The van der Waals surface area contributed by atoms with Crippen LogP contribution in [0.2, 0.25) is 0 Å². The first-order valence-electron chi connectivity index (χ1n) is 11.7. The molecule has 8 heteroatoms. The zero-order valence-corrected chi connectivity index (χ0v) is 22.1. The molecule has 0 unspecified atom stereocenters. The Bertz CT molecular complexity index is 1170. The summed E-state index contributed by atoms with van der Waals surface area (Å²) >= 11 is 0. The van der Waals surface area contributed by atoms with E-state index < -0.39 is 41.4 Å². The highest BCUT2D eigenvalue weighted by atomic mass is 16.6. The minimum absolute atomic E-state index is 0.171. The lowest BCUT2D eigenvalue weighted by Gasteiger charge is -2.40. The molecule has 0 aliphatic carbocycles. The summed E-state index contributed by atoms with van der Waals surface area (Å²) in [5.41, 5.74) is 1.41. The smallest absolute Gasteiger partial charge is 0.419 e. The molecule has 1 aliphatic heterocycles. The summed E-state index contributed by atoms with van der Waals surface area (Å²) in [6.45, 7) is 14.5. The van der Waals surface area contributed by atoms with Gasteiger partial charge in [0.25, 0.3) is 0 Å². The van der Waals surface area contributed by atoms with Gasteiger partial charge in [0.05, 0.1) is 24.4 Å². The van der Waals surface area contributed by atoms with Crippen molar-refractivity contribution in [3.8, 4) is 0 Å². The highest BCUT2D eigenvalue weighted by molar-refractivity contribution is 5.96. The van der Waals surface area contributed by atoms with Crippen molar-refractivity contribution in [2.75, 3.05) is 7.11 Å². The molecule has 0 saturated carbocycles. The third-order valence-electron chi connectivity index (χ3n) is 5.48. The molecule has 190 valence electrons. The number of benzene rings is 1. The molecule has 1 amide bonds. The van der Waals surface area contributed by atoms with Crippen molar-refractivity contribution < 1.29 is 28.6 Å². The predicted molar refractivity (Wildman–Crippen MR) is 133 cm³/mol.